The summed E-state index contributed by atoms with van der Waals surface area (Å²) < 4.78 is 5.04. The maximum atomic E-state index is 11.6. The lowest BCUT2D eigenvalue weighted by Gasteiger charge is -1.97. The maximum absolute atomic E-state index is 11.6. The molecule has 1 aromatic heterocycles. The van der Waals surface area contributed by atoms with Crippen LogP contribution in [0.5, 0.6) is 0 Å². The summed E-state index contributed by atoms with van der Waals surface area (Å²) in [7, 11) is 0. The number of benzene rings is 1. The third kappa shape index (κ3) is 2.14. The number of rotatable bonds is 2. The molecule has 0 fully saturated rings. The van der Waals surface area contributed by atoms with Crippen LogP contribution in [0, 0.1) is 0 Å². The van der Waals surface area contributed by atoms with Gasteiger partial charge in [-0.05, 0) is 30.7 Å². The molecule has 0 amide bonds. The van der Waals surface area contributed by atoms with Crippen LogP contribution in [0.25, 0.3) is 17.0 Å². The van der Waals surface area contributed by atoms with Gasteiger partial charge in [0.2, 0.25) is 5.89 Å². The van der Waals surface area contributed by atoms with Crippen molar-refractivity contribution < 1.29 is 4.42 Å². The van der Waals surface area contributed by atoms with Crippen molar-refractivity contribution in [3.05, 3.63) is 45.6 Å². The Kier molecular flexibility index (Phi) is 3.06. The molecule has 0 saturated heterocycles. The lowest BCUT2D eigenvalue weighted by atomic mass is 10.2. The number of fused-ring (bicyclic) bond motifs is 1. The summed E-state index contributed by atoms with van der Waals surface area (Å²) >= 11 is 5.79. The molecule has 4 heteroatoms. The van der Waals surface area contributed by atoms with Crippen molar-refractivity contribution in [2.45, 2.75) is 13.3 Å². The van der Waals surface area contributed by atoms with Crippen LogP contribution in [-0.4, -0.2) is 4.98 Å². The predicted molar refractivity (Wildman–Crippen MR) is 64.6 cm³/mol. The fraction of sp³-hybridized carbons (Fsp3) is 0.167. The highest BCUT2D eigenvalue weighted by molar-refractivity contribution is 6.31. The van der Waals surface area contributed by atoms with E-state index in [9.17, 15) is 4.79 Å². The molecule has 0 spiro atoms. The first-order chi connectivity index (χ1) is 7.70. The minimum Gasteiger partial charge on any atom is -0.404 e. The lowest BCUT2D eigenvalue weighted by Crippen LogP contribution is -2.02. The Morgan fingerprint density at radius 2 is 2.31 bits per heavy atom. The zero-order valence-corrected chi connectivity index (χ0v) is 9.49. The zero-order valence-electron chi connectivity index (χ0n) is 8.74. The first-order valence-corrected chi connectivity index (χ1v) is 5.35. The molecule has 2 rings (SSSR count). The van der Waals surface area contributed by atoms with E-state index >= 15 is 0 Å². The summed E-state index contributed by atoms with van der Waals surface area (Å²) in [4.78, 5) is 15.8. The van der Waals surface area contributed by atoms with Gasteiger partial charge in [-0.2, -0.15) is 0 Å². The van der Waals surface area contributed by atoms with Crippen LogP contribution in [0.2, 0.25) is 5.02 Å². The van der Waals surface area contributed by atoms with Crippen molar-refractivity contribution >= 4 is 28.6 Å². The molecule has 0 bridgehead atoms. The Bertz CT molecular complexity index is 601. The second kappa shape index (κ2) is 4.49. The van der Waals surface area contributed by atoms with Gasteiger partial charge in [-0.3, -0.25) is 0 Å². The van der Waals surface area contributed by atoms with E-state index < -0.39 is 5.63 Å². The minimum atomic E-state index is -0.414. The van der Waals surface area contributed by atoms with Gasteiger partial charge in [0.15, 0.2) is 0 Å². The highest BCUT2D eigenvalue weighted by Gasteiger charge is 2.04. The second-order valence-electron chi connectivity index (χ2n) is 3.31. The van der Waals surface area contributed by atoms with E-state index in [0.29, 0.717) is 21.8 Å². The third-order valence-corrected chi connectivity index (χ3v) is 2.34. The fourth-order valence-electron chi connectivity index (χ4n) is 1.35. The number of hydrogen-bond donors (Lipinski definition) is 0. The van der Waals surface area contributed by atoms with Crippen molar-refractivity contribution in [1.29, 1.82) is 0 Å². The highest BCUT2D eigenvalue weighted by Crippen LogP contribution is 2.15. The lowest BCUT2D eigenvalue weighted by molar-refractivity contribution is 0.490. The Morgan fingerprint density at radius 1 is 1.50 bits per heavy atom. The van der Waals surface area contributed by atoms with Crippen molar-refractivity contribution in [3.8, 4) is 0 Å². The number of halogens is 1. The molecule has 16 heavy (non-hydrogen) atoms. The standard InChI is InChI=1S/C12H10ClNO2/c1-2-3-4-11-14-10-6-5-8(13)7-9(10)12(15)16-11/h3-7H,2H2,1H3/b4-3-. The second-order valence-corrected chi connectivity index (χ2v) is 3.75. The molecule has 0 aliphatic heterocycles. The van der Waals surface area contributed by atoms with Crippen LogP contribution in [0.3, 0.4) is 0 Å². The van der Waals surface area contributed by atoms with Gasteiger partial charge >= 0.3 is 5.63 Å². The number of hydrogen-bond acceptors (Lipinski definition) is 3. The number of nitrogens with zero attached hydrogens (tertiary/aromatic N) is 1. The molecule has 1 aromatic carbocycles. The first-order valence-electron chi connectivity index (χ1n) is 4.97. The zero-order chi connectivity index (χ0) is 11.5. The van der Waals surface area contributed by atoms with Crippen LogP contribution in [0.15, 0.2) is 33.5 Å². The summed E-state index contributed by atoms with van der Waals surface area (Å²) in [5, 5.41) is 0.902. The van der Waals surface area contributed by atoms with Crippen molar-refractivity contribution in [3.63, 3.8) is 0 Å². The van der Waals surface area contributed by atoms with Gasteiger partial charge in [0.25, 0.3) is 0 Å². The largest absolute Gasteiger partial charge is 0.404 e. The SMILES string of the molecule is CC/C=C\c1nc2ccc(Cl)cc2c(=O)o1. The Morgan fingerprint density at radius 3 is 3.06 bits per heavy atom. The Balaban J connectivity index is 2.64. The summed E-state index contributed by atoms with van der Waals surface area (Å²) in [6.07, 6.45) is 4.44. The molecule has 0 atom stereocenters. The molecule has 0 radical (unpaired) electrons. The van der Waals surface area contributed by atoms with E-state index in [1.807, 2.05) is 13.0 Å². The van der Waals surface area contributed by atoms with E-state index in [4.69, 9.17) is 16.0 Å². The van der Waals surface area contributed by atoms with Gasteiger partial charge in [-0.25, -0.2) is 9.78 Å². The molecule has 0 aliphatic carbocycles. The van der Waals surface area contributed by atoms with Gasteiger partial charge in [0, 0.05) is 5.02 Å². The van der Waals surface area contributed by atoms with Gasteiger partial charge in [0.05, 0.1) is 10.9 Å². The van der Waals surface area contributed by atoms with E-state index in [2.05, 4.69) is 4.98 Å². The van der Waals surface area contributed by atoms with Gasteiger partial charge in [-0.15, -0.1) is 0 Å². The summed E-state index contributed by atoms with van der Waals surface area (Å²) in [6, 6.07) is 4.96. The van der Waals surface area contributed by atoms with Crippen molar-refractivity contribution in [1.82, 2.24) is 4.98 Å². The summed E-state index contributed by atoms with van der Waals surface area (Å²) in [5.74, 6) is 0.321. The van der Waals surface area contributed by atoms with Crippen LogP contribution >= 0.6 is 11.6 Å². The van der Waals surface area contributed by atoms with E-state index in [1.165, 1.54) is 0 Å². The van der Waals surface area contributed by atoms with Crippen LogP contribution < -0.4 is 5.63 Å². The molecule has 82 valence electrons. The molecular weight excluding hydrogens is 226 g/mol. The maximum Gasteiger partial charge on any atom is 0.347 e. The molecule has 0 saturated carbocycles. The van der Waals surface area contributed by atoms with E-state index in [1.54, 1.807) is 24.3 Å². The normalized spacial score (nSPS) is 11.4. The molecule has 2 aromatic rings. The Labute approximate surface area is 97.4 Å². The van der Waals surface area contributed by atoms with E-state index in [0.717, 1.165) is 6.42 Å². The van der Waals surface area contributed by atoms with Crippen molar-refractivity contribution in [2.75, 3.05) is 0 Å². The van der Waals surface area contributed by atoms with Crippen molar-refractivity contribution in [2.24, 2.45) is 0 Å². The van der Waals surface area contributed by atoms with Crippen LogP contribution in [0.4, 0.5) is 0 Å². The number of aromatic nitrogens is 1. The minimum absolute atomic E-state index is 0.321. The van der Waals surface area contributed by atoms with Crippen LogP contribution in [-0.2, 0) is 0 Å². The highest BCUT2D eigenvalue weighted by atomic mass is 35.5. The Hall–Kier alpha value is -1.61. The van der Waals surface area contributed by atoms with Gasteiger partial charge < -0.3 is 4.42 Å². The van der Waals surface area contributed by atoms with Crippen LogP contribution in [0.1, 0.15) is 19.2 Å². The molecular formula is C12H10ClNO2. The summed E-state index contributed by atoms with van der Waals surface area (Å²) in [5.41, 5.74) is 0.180. The molecule has 0 aliphatic rings. The van der Waals surface area contributed by atoms with Gasteiger partial charge in [-0.1, -0.05) is 24.6 Å². The smallest absolute Gasteiger partial charge is 0.347 e. The topological polar surface area (TPSA) is 43.1 Å². The molecule has 0 N–H and O–H groups in total. The molecule has 1 heterocycles. The number of allylic oxidation sites excluding steroid dienone is 1. The average molecular weight is 236 g/mol. The average Bonchev–Trinajstić information content (AvgIpc) is 2.27. The fourth-order valence-corrected chi connectivity index (χ4v) is 1.52. The third-order valence-electron chi connectivity index (χ3n) is 2.10. The summed E-state index contributed by atoms with van der Waals surface area (Å²) in [6.45, 7) is 2.00. The monoisotopic (exact) mass is 235 g/mol. The molecule has 3 nitrogen and oxygen atoms in total. The predicted octanol–water partition coefficient (Wildman–Crippen LogP) is 3.26. The quantitative estimate of drug-likeness (QED) is 0.802. The molecule has 0 unspecified atom stereocenters. The van der Waals surface area contributed by atoms with Gasteiger partial charge in [0.1, 0.15) is 0 Å². The first kappa shape index (κ1) is 10.9. The van der Waals surface area contributed by atoms with E-state index in [-0.39, 0.29) is 0 Å².